The standard InChI is InChI=1S/C25H29NO2/c1-17-14-18(2)22-9-8-21(16-24(27)23(22)15-17)25(28)26-12-10-20(11-13-26)19-6-4-3-5-7-19/h3-7,14-15,20-21H,8-13,16H2,1-2H3. The van der Waals surface area contributed by atoms with Gasteiger partial charge >= 0.3 is 0 Å². The fourth-order valence-corrected chi connectivity index (χ4v) is 4.96. The number of nitrogens with zero attached hydrogens (tertiary/aromatic N) is 1. The highest BCUT2D eigenvalue weighted by Crippen LogP contribution is 2.32. The second-order valence-corrected chi connectivity index (χ2v) is 8.48. The maximum atomic E-state index is 13.2. The molecule has 1 saturated heterocycles. The fraction of sp³-hybridized carbons (Fsp3) is 0.440. The fourth-order valence-electron chi connectivity index (χ4n) is 4.96. The third kappa shape index (κ3) is 3.76. The second kappa shape index (κ2) is 7.90. The summed E-state index contributed by atoms with van der Waals surface area (Å²) in [5.74, 6) is 0.683. The van der Waals surface area contributed by atoms with Crippen LogP contribution in [0.5, 0.6) is 0 Å². The molecule has 0 bridgehead atoms. The summed E-state index contributed by atoms with van der Waals surface area (Å²) < 4.78 is 0. The molecule has 1 fully saturated rings. The van der Waals surface area contributed by atoms with Crippen molar-refractivity contribution in [2.75, 3.05) is 13.1 Å². The van der Waals surface area contributed by atoms with E-state index in [-0.39, 0.29) is 17.6 Å². The minimum atomic E-state index is -0.173. The molecule has 28 heavy (non-hydrogen) atoms. The number of hydrogen-bond acceptors (Lipinski definition) is 2. The first-order valence-electron chi connectivity index (χ1n) is 10.5. The van der Waals surface area contributed by atoms with Gasteiger partial charge in [-0.2, -0.15) is 0 Å². The molecule has 0 N–H and O–H groups in total. The van der Waals surface area contributed by atoms with Gasteiger partial charge in [0.25, 0.3) is 0 Å². The molecule has 0 radical (unpaired) electrons. The lowest BCUT2D eigenvalue weighted by Gasteiger charge is -2.34. The van der Waals surface area contributed by atoms with Crippen molar-refractivity contribution in [3.05, 3.63) is 70.3 Å². The van der Waals surface area contributed by atoms with Gasteiger partial charge in [-0.25, -0.2) is 0 Å². The SMILES string of the molecule is Cc1cc(C)c2c(c1)C(=O)CC(C(=O)N1CCC(c3ccccc3)CC1)CC2. The van der Waals surface area contributed by atoms with E-state index in [1.54, 1.807) is 0 Å². The van der Waals surface area contributed by atoms with Crippen molar-refractivity contribution in [2.24, 2.45) is 5.92 Å². The molecule has 1 unspecified atom stereocenters. The molecule has 0 aromatic heterocycles. The van der Waals surface area contributed by atoms with Crippen molar-refractivity contribution in [1.29, 1.82) is 0 Å². The molecular weight excluding hydrogens is 346 g/mol. The van der Waals surface area contributed by atoms with Crippen LogP contribution in [0.2, 0.25) is 0 Å². The number of fused-ring (bicyclic) bond motifs is 1. The molecule has 0 spiro atoms. The molecule has 4 rings (SSSR count). The predicted molar refractivity (Wildman–Crippen MR) is 112 cm³/mol. The van der Waals surface area contributed by atoms with Gasteiger partial charge in [0.1, 0.15) is 0 Å². The molecule has 2 aliphatic rings. The zero-order valence-electron chi connectivity index (χ0n) is 16.9. The number of rotatable bonds is 2. The van der Waals surface area contributed by atoms with Gasteiger partial charge in [0.2, 0.25) is 5.91 Å². The zero-order valence-corrected chi connectivity index (χ0v) is 16.9. The van der Waals surface area contributed by atoms with E-state index in [2.05, 4.69) is 37.3 Å². The van der Waals surface area contributed by atoms with Gasteiger partial charge in [0.05, 0.1) is 0 Å². The Labute approximate surface area is 167 Å². The van der Waals surface area contributed by atoms with Gasteiger partial charge in [-0.15, -0.1) is 0 Å². The maximum Gasteiger partial charge on any atom is 0.226 e. The number of carbonyl (C=O) groups excluding carboxylic acids is 2. The summed E-state index contributed by atoms with van der Waals surface area (Å²) in [6.45, 7) is 5.71. The Kier molecular flexibility index (Phi) is 5.34. The Balaban J connectivity index is 1.42. The van der Waals surface area contributed by atoms with Crippen LogP contribution in [0.3, 0.4) is 0 Å². The number of carbonyl (C=O) groups is 2. The minimum absolute atomic E-state index is 0.136. The van der Waals surface area contributed by atoms with Crippen LogP contribution >= 0.6 is 0 Å². The largest absolute Gasteiger partial charge is 0.342 e. The number of likely N-dealkylation sites (tertiary alicyclic amines) is 1. The first kappa shape index (κ1) is 18.9. The molecule has 1 atom stereocenters. The number of piperidine rings is 1. The summed E-state index contributed by atoms with van der Waals surface area (Å²) >= 11 is 0. The second-order valence-electron chi connectivity index (χ2n) is 8.48. The molecule has 1 heterocycles. The average molecular weight is 376 g/mol. The van der Waals surface area contributed by atoms with Gasteiger partial charge in [-0.05, 0) is 68.2 Å². The van der Waals surface area contributed by atoms with Crippen molar-refractivity contribution in [3.63, 3.8) is 0 Å². The molecule has 3 nitrogen and oxygen atoms in total. The van der Waals surface area contributed by atoms with Gasteiger partial charge < -0.3 is 4.90 Å². The molecule has 3 heteroatoms. The molecule has 1 amide bonds. The third-order valence-corrected chi connectivity index (χ3v) is 6.52. The number of ketones is 1. The van der Waals surface area contributed by atoms with Gasteiger partial charge in [-0.3, -0.25) is 9.59 Å². The minimum Gasteiger partial charge on any atom is -0.342 e. The Bertz CT molecular complexity index is 879. The third-order valence-electron chi connectivity index (χ3n) is 6.52. The summed E-state index contributed by atoms with van der Waals surface area (Å²) in [7, 11) is 0. The van der Waals surface area contributed by atoms with E-state index in [1.807, 2.05) is 24.0 Å². The highest BCUT2D eigenvalue weighted by atomic mass is 16.2. The summed E-state index contributed by atoms with van der Waals surface area (Å²) in [6, 6.07) is 14.7. The average Bonchev–Trinajstić information content (AvgIpc) is 2.88. The van der Waals surface area contributed by atoms with Crippen LogP contribution in [0.25, 0.3) is 0 Å². The number of hydrogen-bond donors (Lipinski definition) is 0. The normalized spacial score (nSPS) is 20.6. The lowest BCUT2D eigenvalue weighted by molar-refractivity contribution is -0.136. The Hall–Kier alpha value is -2.42. The first-order chi connectivity index (χ1) is 13.5. The van der Waals surface area contributed by atoms with Gasteiger partial charge in [0.15, 0.2) is 5.78 Å². The Morgan fingerprint density at radius 3 is 2.43 bits per heavy atom. The molecular formula is C25H29NO2. The van der Waals surface area contributed by atoms with Gasteiger partial charge in [-0.1, -0.05) is 42.0 Å². The molecule has 2 aromatic carbocycles. The number of Topliss-reactive ketones (excluding diaryl/α,β-unsaturated/α-hetero) is 1. The monoisotopic (exact) mass is 375 g/mol. The van der Waals surface area contributed by atoms with Crippen molar-refractivity contribution in [1.82, 2.24) is 4.90 Å². The molecule has 146 valence electrons. The van der Waals surface area contributed by atoms with Crippen LogP contribution in [-0.4, -0.2) is 29.7 Å². The van der Waals surface area contributed by atoms with E-state index < -0.39 is 0 Å². The summed E-state index contributed by atoms with van der Waals surface area (Å²) in [5, 5.41) is 0. The van der Waals surface area contributed by atoms with E-state index in [9.17, 15) is 9.59 Å². The van der Waals surface area contributed by atoms with Crippen LogP contribution in [0.1, 0.15) is 64.2 Å². The van der Waals surface area contributed by atoms with E-state index in [4.69, 9.17) is 0 Å². The highest BCUT2D eigenvalue weighted by molar-refractivity contribution is 6.00. The van der Waals surface area contributed by atoms with Crippen LogP contribution in [0.15, 0.2) is 42.5 Å². The zero-order chi connectivity index (χ0) is 19.7. The van der Waals surface area contributed by atoms with Crippen molar-refractivity contribution in [3.8, 4) is 0 Å². The number of amides is 1. The lowest BCUT2D eigenvalue weighted by Crippen LogP contribution is -2.41. The van der Waals surface area contributed by atoms with Crippen molar-refractivity contribution in [2.45, 2.75) is 51.9 Å². The Morgan fingerprint density at radius 1 is 1.00 bits per heavy atom. The highest BCUT2D eigenvalue weighted by Gasteiger charge is 2.32. The van der Waals surface area contributed by atoms with Crippen LogP contribution < -0.4 is 0 Å². The summed E-state index contributed by atoms with van der Waals surface area (Å²) in [6.07, 6.45) is 3.97. The van der Waals surface area contributed by atoms with Crippen LogP contribution in [-0.2, 0) is 11.2 Å². The van der Waals surface area contributed by atoms with E-state index >= 15 is 0 Å². The predicted octanol–water partition coefficient (Wildman–Crippen LogP) is 4.84. The summed E-state index contributed by atoms with van der Waals surface area (Å²) in [5.41, 5.74) is 5.67. The first-order valence-corrected chi connectivity index (χ1v) is 10.5. The topological polar surface area (TPSA) is 37.4 Å². The summed E-state index contributed by atoms with van der Waals surface area (Å²) in [4.78, 5) is 28.1. The van der Waals surface area contributed by atoms with Crippen molar-refractivity contribution < 1.29 is 9.59 Å². The molecule has 2 aromatic rings. The van der Waals surface area contributed by atoms with E-state index in [0.717, 1.165) is 55.5 Å². The van der Waals surface area contributed by atoms with Crippen LogP contribution in [0.4, 0.5) is 0 Å². The number of benzene rings is 2. The van der Waals surface area contributed by atoms with Crippen molar-refractivity contribution >= 4 is 11.7 Å². The molecule has 1 aliphatic carbocycles. The quantitative estimate of drug-likeness (QED) is 0.704. The van der Waals surface area contributed by atoms with Gasteiger partial charge in [0, 0.05) is 31.0 Å². The maximum absolute atomic E-state index is 13.2. The smallest absolute Gasteiger partial charge is 0.226 e. The molecule has 0 saturated carbocycles. The van der Waals surface area contributed by atoms with Crippen LogP contribution in [0, 0.1) is 19.8 Å². The molecule has 1 aliphatic heterocycles. The van der Waals surface area contributed by atoms with E-state index in [1.165, 1.54) is 11.1 Å². The Morgan fingerprint density at radius 2 is 1.71 bits per heavy atom. The van der Waals surface area contributed by atoms with E-state index in [0.29, 0.717) is 12.3 Å². The number of aryl methyl sites for hydroxylation is 2. The lowest BCUT2D eigenvalue weighted by atomic mass is 9.88.